The van der Waals surface area contributed by atoms with E-state index in [1.54, 1.807) is 0 Å². The van der Waals surface area contributed by atoms with Gasteiger partial charge in [-0.15, -0.1) is 11.3 Å². The lowest BCUT2D eigenvalue weighted by Gasteiger charge is -2.33. The van der Waals surface area contributed by atoms with Crippen molar-refractivity contribution in [3.8, 4) is 0 Å². The molecule has 0 atom stereocenters. The molecule has 2 heterocycles. The van der Waals surface area contributed by atoms with Crippen LogP contribution in [0.4, 0.5) is 5.69 Å². The number of aromatic nitrogens is 1. The number of rotatable bonds is 2. The molecule has 5 heteroatoms. The molecule has 1 amide bonds. The van der Waals surface area contributed by atoms with Crippen molar-refractivity contribution in [1.82, 2.24) is 10.3 Å². The number of pyridine rings is 1. The summed E-state index contributed by atoms with van der Waals surface area (Å²) in [5.41, 5.74) is 8.58. The second-order valence-electron chi connectivity index (χ2n) is 5.81. The van der Waals surface area contributed by atoms with Crippen molar-refractivity contribution in [2.24, 2.45) is 5.92 Å². The van der Waals surface area contributed by atoms with Crippen LogP contribution in [0.1, 0.15) is 40.8 Å². The van der Waals surface area contributed by atoms with Crippen molar-refractivity contribution < 1.29 is 4.79 Å². The quantitative estimate of drug-likeness (QED) is 0.893. The standard InChI is InChI=1S/C15H19N3OS/c1-7-4-10(5-7)18-15(19)14-13(16)12-9(3)17-8(2)6-11(12)20-14/h6-7,10H,4-5,16H2,1-3H3,(H,18,19). The first kappa shape index (κ1) is 13.4. The number of nitrogens with zero attached hydrogens (tertiary/aromatic N) is 1. The van der Waals surface area contributed by atoms with Gasteiger partial charge in [0.2, 0.25) is 0 Å². The van der Waals surface area contributed by atoms with Crippen LogP contribution in [0, 0.1) is 19.8 Å². The van der Waals surface area contributed by atoms with Gasteiger partial charge in [-0.3, -0.25) is 9.78 Å². The van der Waals surface area contributed by atoms with Gasteiger partial charge in [-0.2, -0.15) is 0 Å². The van der Waals surface area contributed by atoms with Crippen molar-refractivity contribution in [2.75, 3.05) is 5.73 Å². The number of nitrogen functional groups attached to an aromatic ring is 1. The molecule has 0 aromatic carbocycles. The van der Waals surface area contributed by atoms with E-state index in [-0.39, 0.29) is 5.91 Å². The van der Waals surface area contributed by atoms with Crippen molar-refractivity contribution >= 4 is 33.0 Å². The fourth-order valence-electron chi connectivity index (χ4n) is 2.92. The molecule has 1 saturated carbocycles. The lowest BCUT2D eigenvalue weighted by Crippen LogP contribution is -2.43. The maximum absolute atomic E-state index is 12.3. The lowest BCUT2D eigenvalue weighted by molar-refractivity contribution is 0.0901. The van der Waals surface area contributed by atoms with Crippen LogP contribution < -0.4 is 11.1 Å². The minimum atomic E-state index is -0.0438. The smallest absolute Gasteiger partial charge is 0.263 e. The van der Waals surface area contributed by atoms with Gasteiger partial charge in [-0.05, 0) is 38.7 Å². The number of anilines is 1. The molecule has 1 fully saturated rings. The number of fused-ring (bicyclic) bond motifs is 1. The van der Waals surface area contributed by atoms with Gasteiger partial charge >= 0.3 is 0 Å². The molecular weight excluding hydrogens is 270 g/mol. The Kier molecular flexibility index (Phi) is 3.17. The Balaban J connectivity index is 1.93. The Morgan fingerprint density at radius 1 is 1.45 bits per heavy atom. The summed E-state index contributed by atoms with van der Waals surface area (Å²) in [6.07, 6.45) is 2.13. The topological polar surface area (TPSA) is 68.0 Å². The Hall–Kier alpha value is -1.62. The predicted molar refractivity (Wildman–Crippen MR) is 83.2 cm³/mol. The number of amides is 1. The van der Waals surface area contributed by atoms with E-state index >= 15 is 0 Å². The average molecular weight is 289 g/mol. The molecule has 3 rings (SSSR count). The van der Waals surface area contributed by atoms with Crippen molar-refractivity contribution in [2.45, 2.75) is 39.7 Å². The molecular formula is C15H19N3OS. The fourth-order valence-corrected chi connectivity index (χ4v) is 4.09. The lowest BCUT2D eigenvalue weighted by atomic mass is 9.82. The normalized spacial score (nSPS) is 21.8. The molecule has 0 saturated heterocycles. The molecule has 0 unspecified atom stereocenters. The Morgan fingerprint density at radius 3 is 2.80 bits per heavy atom. The summed E-state index contributed by atoms with van der Waals surface area (Å²) in [6.45, 7) is 6.10. The van der Waals surface area contributed by atoms with Gasteiger partial charge in [0.25, 0.3) is 5.91 Å². The average Bonchev–Trinajstić information content (AvgIpc) is 2.64. The number of hydrogen-bond donors (Lipinski definition) is 2. The van der Waals surface area contributed by atoms with E-state index in [1.807, 2.05) is 19.9 Å². The number of hydrogen-bond acceptors (Lipinski definition) is 4. The molecule has 0 bridgehead atoms. The van der Waals surface area contributed by atoms with E-state index in [0.29, 0.717) is 22.5 Å². The number of carbonyl (C=O) groups excluding carboxylic acids is 1. The van der Waals surface area contributed by atoms with Crippen LogP contribution >= 0.6 is 11.3 Å². The number of carbonyl (C=O) groups is 1. The van der Waals surface area contributed by atoms with Crippen LogP contribution in [0.15, 0.2) is 6.07 Å². The summed E-state index contributed by atoms with van der Waals surface area (Å²) in [5.74, 6) is 0.673. The first-order chi connectivity index (χ1) is 9.45. The molecule has 0 spiro atoms. The zero-order valence-electron chi connectivity index (χ0n) is 12.0. The summed E-state index contributed by atoms with van der Waals surface area (Å²) >= 11 is 1.46. The van der Waals surface area contributed by atoms with Crippen LogP contribution in [-0.4, -0.2) is 16.9 Å². The summed E-state index contributed by atoms with van der Waals surface area (Å²) < 4.78 is 1.04. The summed E-state index contributed by atoms with van der Waals surface area (Å²) in [7, 11) is 0. The van der Waals surface area contributed by atoms with E-state index in [1.165, 1.54) is 11.3 Å². The van der Waals surface area contributed by atoms with E-state index < -0.39 is 0 Å². The molecule has 0 radical (unpaired) electrons. The molecule has 1 aliphatic rings. The second kappa shape index (κ2) is 4.74. The summed E-state index contributed by atoms with van der Waals surface area (Å²) in [6, 6.07) is 2.30. The first-order valence-corrected chi connectivity index (χ1v) is 7.74. The van der Waals surface area contributed by atoms with Crippen LogP contribution in [0.25, 0.3) is 10.1 Å². The monoisotopic (exact) mass is 289 g/mol. The molecule has 3 N–H and O–H groups in total. The predicted octanol–water partition coefficient (Wildman–Crippen LogP) is 3.02. The molecule has 0 aliphatic heterocycles. The van der Waals surface area contributed by atoms with E-state index in [4.69, 9.17) is 5.73 Å². The molecule has 20 heavy (non-hydrogen) atoms. The molecule has 2 aromatic rings. The number of aryl methyl sites for hydroxylation is 2. The highest BCUT2D eigenvalue weighted by molar-refractivity contribution is 7.21. The van der Waals surface area contributed by atoms with Gasteiger partial charge in [-0.25, -0.2) is 0 Å². The SMILES string of the molecule is Cc1cc2sc(C(=O)NC3CC(C)C3)c(N)c2c(C)n1. The van der Waals surface area contributed by atoms with E-state index in [9.17, 15) is 4.79 Å². The summed E-state index contributed by atoms with van der Waals surface area (Å²) in [5, 5.41) is 3.99. The fraction of sp³-hybridized carbons (Fsp3) is 0.467. The van der Waals surface area contributed by atoms with Crippen molar-refractivity contribution in [1.29, 1.82) is 0 Å². The third kappa shape index (κ3) is 2.16. The maximum atomic E-state index is 12.3. The second-order valence-corrected chi connectivity index (χ2v) is 6.87. The highest BCUT2D eigenvalue weighted by Gasteiger charge is 2.28. The zero-order chi connectivity index (χ0) is 14.4. The zero-order valence-corrected chi connectivity index (χ0v) is 12.8. The molecule has 4 nitrogen and oxygen atoms in total. The van der Waals surface area contributed by atoms with Crippen LogP contribution in [0.5, 0.6) is 0 Å². The molecule has 106 valence electrons. The maximum Gasteiger partial charge on any atom is 0.263 e. The van der Waals surface area contributed by atoms with Gasteiger partial charge in [0.15, 0.2) is 0 Å². The minimum absolute atomic E-state index is 0.0438. The molecule has 1 aliphatic carbocycles. The van der Waals surface area contributed by atoms with E-state index in [0.717, 1.165) is 34.3 Å². The van der Waals surface area contributed by atoms with Crippen LogP contribution in [0.2, 0.25) is 0 Å². The Morgan fingerprint density at radius 2 is 2.15 bits per heavy atom. The third-order valence-electron chi connectivity index (χ3n) is 3.93. The number of thiophene rings is 1. The number of nitrogens with one attached hydrogen (secondary N) is 1. The largest absolute Gasteiger partial charge is 0.397 e. The highest BCUT2D eigenvalue weighted by atomic mass is 32.1. The minimum Gasteiger partial charge on any atom is -0.397 e. The molecule has 2 aromatic heterocycles. The van der Waals surface area contributed by atoms with Crippen LogP contribution in [0.3, 0.4) is 0 Å². The van der Waals surface area contributed by atoms with Gasteiger partial charge in [0.05, 0.1) is 5.69 Å². The van der Waals surface area contributed by atoms with Gasteiger partial charge in [0, 0.05) is 27.5 Å². The first-order valence-electron chi connectivity index (χ1n) is 6.92. The Labute approximate surface area is 122 Å². The summed E-state index contributed by atoms with van der Waals surface area (Å²) in [4.78, 5) is 17.4. The van der Waals surface area contributed by atoms with Gasteiger partial charge in [-0.1, -0.05) is 6.92 Å². The van der Waals surface area contributed by atoms with E-state index in [2.05, 4.69) is 17.2 Å². The van der Waals surface area contributed by atoms with Gasteiger partial charge < -0.3 is 11.1 Å². The van der Waals surface area contributed by atoms with Crippen LogP contribution in [-0.2, 0) is 0 Å². The van der Waals surface area contributed by atoms with Crippen molar-refractivity contribution in [3.63, 3.8) is 0 Å². The highest BCUT2D eigenvalue weighted by Crippen LogP contribution is 2.36. The van der Waals surface area contributed by atoms with Crippen molar-refractivity contribution in [3.05, 3.63) is 22.3 Å². The third-order valence-corrected chi connectivity index (χ3v) is 5.08. The Bertz CT molecular complexity index is 686. The van der Waals surface area contributed by atoms with Gasteiger partial charge in [0.1, 0.15) is 4.88 Å². The number of nitrogens with two attached hydrogens (primary N) is 1.